The number of ether oxygens (including phenoxy) is 1. The SMILES string of the molecule is C=C(C)C(CC)OC(=O)Nc1ccc([N+](=O)[O-])cc1. The van der Waals surface area contributed by atoms with Gasteiger partial charge in [0.25, 0.3) is 5.69 Å². The predicted molar refractivity (Wildman–Crippen MR) is 72.1 cm³/mol. The molecule has 0 heterocycles. The second kappa shape index (κ2) is 6.53. The smallest absolute Gasteiger partial charge is 0.412 e. The summed E-state index contributed by atoms with van der Waals surface area (Å²) in [5.74, 6) is 0. The molecule has 1 rings (SSSR count). The Morgan fingerprint density at radius 1 is 1.47 bits per heavy atom. The van der Waals surface area contributed by atoms with Crippen LogP contribution in [0.25, 0.3) is 0 Å². The molecule has 1 aromatic carbocycles. The third-order valence-corrected chi connectivity index (χ3v) is 2.49. The van der Waals surface area contributed by atoms with Crippen LogP contribution in [0.2, 0.25) is 0 Å². The van der Waals surface area contributed by atoms with Crippen LogP contribution in [0.5, 0.6) is 0 Å². The number of carbonyl (C=O) groups is 1. The van der Waals surface area contributed by atoms with Gasteiger partial charge in [-0.15, -0.1) is 0 Å². The van der Waals surface area contributed by atoms with E-state index in [-0.39, 0.29) is 11.8 Å². The van der Waals surface area contributed by atoms with Gasteiger partial charge in [0.05, 0.1) is 4.92 Å². The highest BCUT2D eigenvalue weighted by molar-refractivity contribution is 5.84. The maximum Gasteiger partial charge on any atom is 0.412 e. The number of nitro benzene ring substituents is 1. The van der Waals surface area contributed by atoms with E-state index in [2.05, 4.69) is 11.9 Å². The number of hydrogen-bond acceptors (Lipinski definition) is 4. The number of hydrogen-bond donors (Lipinski definition) is 1. The van der Waals surface area contributed by atoms with Crippen molar-refractivity contribution in [2.24, 2.45) is 0 Å². The molecule has 0 fully saturated rings. The molecule has 0 radical (unpaired) electrons. The fraction of sp³-hybridized carbons (Fsp3) is 0.308. The maximum absolute atomic E-state index is 11.6. The number of non-ortho nitro benzene ring substituents is 1. The van der Waals surface area contributed by atoms with Gasteiger partial charge in [-0.05, 0) is 31.1 Å². The first kappa shape index (κ1) is 14.7. The van der Waals surface area contributed by atoms with Crippen LogP contribution in [0.15, 0.2) is 36.4 Å². The molecule has 0 spiro atoms. The van der Waals surface area contributed by atoms with Crippen LogP contribution in [0.1, 0.15) is 20.3 Å². The summed E-state index contributed by atoms with van der Waals surface area (Å²) < 4.78 is 5.16. The van der Waals surface area contributed by atoms with E-state index >= 15 is 0 Å². The van der Waals surface area contributed by atoms with E-state index in [1.165, 1.54) is 24.3 Å². The van der Waals surface area contributed by atoms with Gasteiger partial charge in [-0.3, -0.25) is 15.4 Å². The molecule has 6 heteroatoms. The normalized spacial score (nSPS) is 11.5. The summed E-state index contributed by atoms with van der Waals surface area (Å²) in [6.07, 6.45) is -0.301. The van der Waals surface area contributed by atoms with Crippen molar-refractivity contribution >= 4 is 17.5 Å². The van der Waals surface area contributed by atoms with Crippen molar-refractivity contribution < 1.29 is 14.5 Å². The minimum atomic E-state index is -0.608. The van der Waals surface area contributed by atoms with Gasteiger partial charge in [-0.25, -0.2) is 4.79 Å². The lowest BCUT2D eigenvalue weighted by Crippen LogP contribution is -2.22. The Bertz CT molecular complexity index is 482. The third-order valence-electron chi connectivity index (χ3n) is 2.49. The number of nitrogens with one attached hydrogen (secondary N) is 1. The highest BCUT2D eigenvalue weighted by Crippen LogP contribution is 2.16. The molecule has 1 amide bonds. The molecule has 1 aromatic rings. The quantitative estimate of drug-likeness (QED) is 0.501. The van der Waals surface area contributed by atoms with Crippen molar-refractivity contribution in [1.29, 1.82) is 0 Å². The topological polar surface area (TPSA) is 81.5 Å². The molecule has 1 unspecified atom stereocenters. The molecular formula is C13H16N2O4. The van der Waals surface area contributed by atoms with E-state index in [1.807, 2.05) is 6.92 Å². The molecule has 6 nitrogen and oxygen atoms in total. The second-order valence-electron chi connectivity index (χ2n) is 4.08. The lowest BCUT2D eigenvalue weighted by Gasteiger charge is -2.16. The standard InChI is InChI=1S/C13H16N2O4/c1-4-12(9(2)3)19-13(16)14-10-5-7-11(8-6-10)15(17)18/h5-8,12H,2,4H2,1,3H3,(H,14,16). The van der Waals surface area contributed by atoms with E-state index in [0.717, 1.165) is 5.57 Å². The predicted octanol–water partition coefficient (Wildman–Crippen LogP) is 3.50. The Labute approximate surface area is 111 Å². The molecule has 1 atom stereocenters. The molecule has 0 aromatic heterocycles. The maximum atomic E-state index is 11.6. The van der Waals surface area contributed by atoms with Gasteiger partial charge in [0, 0.05) is 17.8 Å². The van der Waals surface area contributed by atoms with Crippen molar-refractivity contribution in [1.82, 2.24) is 0 Å². The Morgan fingerprint density at radius 3 is 2.47 bits per heavy atom. The van der Waals surface area contributed by atoms with Crippen molar-refractivity contribution in [2.45, 2.75) is 26.4 Å². The Balaban J connectivity index is 2.61. The number of nitrogens with zero attached hydrogens (tertiary/aromatic N) is 1. The van der Waals surface area contributed by atoms with Crippen molar-refractivity contribution in [3.05, 3.63) is 46.5 Å². The largest absolute Gasteiger partial charge is 0.442 e. The van der Waals surface area contributed by atoms with Gasteiger partial charge in [0.1, 0.15) is 6.10 Å². The molecule has 19 heavy (non-hydrogen) atoms. The third kappa shape index (κ3) is 4.42. The van der Waals surface area contributed by atoms with Gasteiger partial charge < -0.3 is 4.74 Å². The fourth-order valence-corrected chi connectivity index (χ4v) is 1.48. The van der Waals surface area contributed by atoms with Crippen LogP contribution in [-0.4, -0.2) is 17.1 Å². The average molecular weight is 264 g/mol. The van der Waals surface area contributed by atoms with Crippen molar-refractivity contribution in [3.63, 3.8) is 0 Å². The monoisotopic (exact) mass is 264 g/mol. The zero-order valence-corrected chi connectivity index (χ0v) is 10.9. The summed E-state index contributed by atoms with van der Waals surface area (Å²) in [6, 6.07) is 5.51. The van der Waals surface area contributed by atoms with Gasteiger partial charge in [0.2, 0.25) is 0 Å². The van der Waals surface area contributed by atoms with E-state index < -0.39 is 11.0 Å². The van der Waals surface area contributed by atoms with E-state index in [0.29, 0.717) is 12.1 Å². The summed E-state index contributed by atoms with van der Waals surface area (Å²) >= 11 is 0. The highest BCUT2D eigenvalue weighted by atomic mass is 16.6. The number of anilines is 1. The van der Waals surface area contributed by atoms with Gasteiger partial charge >= 0.3 is 6.09 Å². The van der Waals surface area contributed by atoms with Crippen LogP contribution in [0.3, 0.4) is 0 Å². The summed E-state index contributed by atoms with van der Waals surface area (Å²) in [7, 11) is 0. The Kier molecular flexibility index (Phi) is 5.05. The first-order valence-corrected chi connectivity index (χ1v) is 5.81. The van der Waals surface area contributed by atoms with E-state index in [4.69, 9.17) is 4.74 Å². The number of rotatable bonds is 5. The summed E-state index contributed by atoms with van der Waals surface area (Å²) in [5, 5.41) is 13.0. The van der Waals surface area contributed by atoms with Gasteiger partial charge in [-0.2, -0.15) is 0 Å². The lowest BCUT2D eigenvalue weighted by atomic mass is 10.1. The van der Waals surface area contributed by atoms with Crippen LogP contribution in [-0.2, 0) is 4.74 Å². The lowest BCUT2D eigenvalue weighted by molar-refractivity contribution is -0.384. The van der Waals surface area contributed by atoms with Crippen molar-refractivity contribution in [3.8, 4) is 0 Å². The number of benzene rings is 1. The molecular weight excluding hydrogens is 248 g/mol. The molecule has 0 saturated carbocycles. The molecule has 0 aliphatic carbocycles. The van der Waals surface area contributed by atoms with Crippen LogP contribution >= 0.6 is 0 Å². The van der Waals surface area contributed by atoms with Crippen LogP contribution in [0.4, 0.5) is 16.2 Å². The van der Waals surface area contributed by atoms with Crippen LogP contribution < -0.4 is 5.32 Å². The highest BCUT2D eigenvalue weighted by Gasteiger charge is 2.13. The molecule has 102 valence electrons. The number of amides is 1. The van der Waals surface area contributed by atoms with Crippen LogP contribution in [0, 0.1) is 10.1 Å². The van der Waals surface area contributed by atoms with Gasteiger partial charge in [-0.1, -0.05) is 13.5 Å². The van der Waals surface area contributed by atoms with Gasteiger partial charge in [0.15, 0.2) is 0 Å². The summed E-state index contributed by atoms with van der Waals surface area (Å²) in [6.45, 7) is 7.41. The molecule has 0 bridgehead atoms. The number of carbonyl (C=O) groups excluding carboxylic acids is 1. The average Bonchev–Trinajstić information content (AvgIpc) is 2.36. The minimum absolute atomic E-state index is 0.0349. The first-order valence-electron chi connectivity index (χ1n) is 5.81. The van der Waals surface area contributed by atoms with E-state index in [1.54, 1.807) is 6.92 Å². The zero-order chi connectivity index (χ0) is 14.4. The van der Waals surface area contributed by atoms with E-state index in [9.17, 15) is 14.9 Å². The minimum Gasteiger partial charge on any atom is -0.442 e. The van der Waals surface area contributed by atoms with Crippen molar-refractivity contribution in [2.75, 3.05) is 5.32 Å². The second-order valence-corrected chi connectivity index (χ2v) is 4.08. The summed E-state index contributed by atoms with van der Waals surface area (Å²) in [5.41, 5.74) is 1.17. The fourth-order valence-electron chi connectivity index (χ4n) is 1.48. The molecule has 0 aliphatic heterocycles. The zero-order valence-electron chi connectivity index (χ0n) is 10.9. The molecule has 1 N–H and O–H groups in total. The first-order chi connectivity index (χ1) is 8.93. The Morgan fingerprint density at radius 2 is 2.05 bits per heavy atom. The number of nitro groups is 1. The molecule has 0 aliphatic rings. The Hall–Kier alpha value is -2.37. The molecule has 0 saturated heterocycles. The summed E-state index contributed by atoms with van der Waals surface area (Å²) in [4.78, 5) is 21.6.